The van der Waals surface area contributed by atoms with Crippen LogP contribution in [0.5, 0.6) is 0 Å². The van der Waals surface area contributed by atoms with Gasteiger partial charge in [-0.05, 0) is 26.2 Å². The highest BCUT2D eigenvalue weighted by Gasteiger charge is 2.22. The molecule has 8 heteroatoms. The van der Waals surface area contributed by atoms with E-state index in [1.807, 2.05) is 20.2 Å². The van der Waals surface area contributed by atoms with Crippen LogP contribution in [0.3, 0.4) is 0 Å². The van der Waals surface area contributed by atoms with Crippen molar-refractivity contribution in [1.29, 1.82) is 0 Å². The first-order valence-electron chi connectivity index (χ1n) is 6.54. The zero-order chi connectivity index (χ0) is 14.6. The average molecular weight is 319 g/mol. The molecule has 1 aliphatic rings. The van der Waals surface area contributed by atoms with Crippen molar-refractivity contribution >= 4 is 21.4 Å². The number of likely N-dealkylation sites (N-methyl/N-ethyl adjacent to an activating group) is 1. The predicted molar refractivity (Wildman–Crippen MR) is 79.5 cm³/mol. The van der Waals surface area contributed by atoms with E-state index < -0.39 is 10.0 Å². The smallest absolute Gasteiger partial charge is 0.250 e. The molecule has 0 saturated carbocycles. The summed E-state index contributed by atoms with van der Waals surface area (Å²) >= 11 is 1.29. The van der Waals surface area contributed by atoms with Gasteiger partial charge in [-0.3, -0.25) is 0 Å². The van der Waals surface area contributed by atoms with Crippen LogP contribution in [0.4, 0.5) is 0 Å². The van der Waals surface area contributed by atoms with Gasteiger partial charge in [0.1, 0.15) is 4.21 Å². The van der Waals surface area contributed by atoms with E-state index in [1.54, 1.807) is 6.07 Å². The van der Waals surface area contributed by atoms with Crippen LogP contribution in [0.25, 0.3) is 0 Å². The lowest BCUT2D eigenvalue weighted by Crippen LogP contribution is -2.45. The molecule has 114 valence electrons. The minimum absolute atomic E-state index is 0.0831. The van der Waals surface area contributed by atoms with E-state index in [9.17, 15) is 8.42 Å². The van der Waals surface area contributed by atoms with Crippen molar-refractivity contribution < 1.29 is 13.2 Å². The average Bonchev–Trinajstić information content (AvgIpc) is 2.87. The molecule has 2 N–H and O–H groups in total. The largest absolute Gasteiger partial charge is 0.374 e. The van der Waals surface area contributed by atoms with Crippen LogP contribution < -0.4 is 10.0 Å². The number of morpholine rings is 1. The molecule has 2 rings (SSSR count). The Hall–Kier alpha value is -0.510. The molecule has 20 heavy (non-hydrogen) atoms. The van der Waals surface area contributed by atoms with Gasteiger partial charge in [-0.1, -0.05) is 0 Å². The van der Waals surface area contributed by atoms with Gasteiger partial charge >= 0.3 is 0 Å². The molecule has 1 aliphatic heterocycles. The van der Waals surface area contributed by atoms with Gasteiger partial charge in [0.15, 0.2) is 0 Å². The highest BCUT2D eigenvalue weighted by atomic mass is 32.2. The number of sulfonamides is 1. The number of nitrogens with zero attached hydrogens (tertiary/aromatic N) is 1. The first-order chi connectivity index (χ1) is 9.51. The second-order valence-corrected chi connectivity index (χ2v) is 8.02. The lowest BCUT2D eigenvalue weighted by Gasteiger charge is -2.29. The van der Waals surface area contributed by atoms with Crippen LogP contribution in [-0.2, 0) is 21.3 Å². The fourth-order valence-corrected chi connectivity index (χ4v) is 4.51. The van der Waals surface area contributed by atoms with E-state index in [0.29, 0.717) is 23.9 Å². The van der Waals surface area contributed by atoms with Crippen LogP contribution in [0.15, 0.2) is 16.3 Å². The van der Waals surface area contributed by atoms with E-state index in [1.165, 1.54) is 11.3 Å². The van der Waals surface area contributed by atoms with E-state index in [2.05, 4.69) is 14.9 Å². The molecule has 1 aromatic rings. The van der Waals surface area contributed by atoms with Crippen LogP contribution >= 0.6 is 11.3 Å². The standard InChI is InChI=1S/C12H21N3O3S2/c1-13-8-11-3-4-12(19-11)20(16,17)14-7-10-9-15(2)5-6-18-10/h3-4,10,13-14H,5-9H2,1-2H3. The van der Waals surface area contributed by atoms with Gasteiger partial charge in [-0.15, -0.1) is 11.3 Å². The lowest BCUT2D eigenvalue weighted by molar-refractivity contribution is -0.0156. The highest BCUT2D eigenvalue weighted by molar-refractivity contribution is 7.91. The molecule has 0 spiro atoms. The minimum atomic E-state index is -3.43. The molecule has 0 bridgehead atoms. The number of nitrogens with one attached hydrogen (secondary N) is 2. The van der Waals surface area contributed by atoms with Crippen molar-refractivity contribution in [1.82, 2.24) is 14.9 Å². The molecule has 0 amide bonds. The van der Waals surface area contributed by atoms with Gasteiger partial charge in [0.25, 0.3) is 0 Å². The summed E-state index contributed by atoms with van der Waals surface area (Å²) in [6.07, 6.45) is -0.0831. The van der Waals surface area contributed by atoms with Gasteiger partial charge < -0.3 is 15.0 Å². The molecule has 1 aromatic heterocycles. The van der Waals surface area contributed by atoms with Crippen molar-refractivity contribution in [2.75, 3.05) is 40.3 Å². The summed E-state index contributed by atoms with van der Waals surface area (Å²) in [5, 5.41) is 3.01. The van der Waals surface area contributed by atoms with E-state index in [0.717, 1.165) is 18.0 Å². The summed E-state index contributed by atoms with van der Waals surface area (Å²) < 4.78 is 32.9. The Morgan fingerprint density at radius 3 is 3.00 bits per heavy atom. The highest BCUT2D eigenvalue weighted by Crippen LogP contribution is 2.21. The topological polar surface area (TPSA) is 70.7 Å². The molecule has 6 nitrogen and oxygen atoms in total. The Bertz CT molecular complexity index is 530. The molecule has 0 aliphatic carbocycles. The van der Waals surface area contributed by atoms with E-state index in [-0.39, 0.29) is 6.10 Å². The summed E-state index contributed by atoms with van der Waals surface area (Å²) in [5.74, 6) is 0. The van der Waals surface area contributed by atoms with Crippen molar-refractivity contribution in [3.63, 3.8) is 0 Å². The number of rotatable bonds is 6. The van der Waals surface area contributed by atoms with Crippen molar-refractivity contribution in [3.8, 4) is 0 Å². The summed E-state index contributed by atoms with van der Waals surface area (Å²) in [5.41, 5.74) is 0. The van der Waals surface area contributed by atoms with Crippen molar-refractivity contribution in [2.24, 2.45) is 0 Å². The fraction of sp³-hybridized carbons (Fsp3) is 0.667. The zero-order valence-electron chi connectivity index (χ0n) is 11.8. The first-order valence-corrected chi connectivity index (χ1v) is 8.84. The van der Waals surface area contributed by atoms with E-state index >= 15 is 0 Å². The normalized spacial score (nSPS) is 21.2. The van der Waals surface area contributed by atoms with Gasteiger partial charge in [0.05, 0.1) is 12.7 Å². The van der Waals surface area contributed by atoms with Crippen LogP contribution in [-0.4, -0.2) is 59.8 Å². The molecular formula is C12H21N3O3S2. The van der Waals surface area contributed by atoms with Gasteiger partial charge in [-0.2, -0.15) is 0 Å². The SMILES string of the molecule is CNCc1ccc(S(=O)(=O)NCC2CN(C)CCO2)s1. The molecular weight excluding hydrogens is 298 g/mol. The van der Waals surface area contributed by atoms with Crippen molar-refractivity contribution in [3.05, 3.63) is 17.0 Å². The Balaban J connectivity index is 1.92. The fourth-order valence-electron chi connectivity index (χ4n) is 2.04. The summed E-state index contributed by atoms with van der Waals surface area (Å²) in [6.45, 7) is 3.27. The number of hydrogen-bond acceptors (Lipinski definition) is 6. The number of thiophene rings is 1. The molecule has 0 radical (unpaired) electrons. The number of ether oxygens (including phenoxy) is 1. The Kier molecular flexibility index (Phi) is 5.53. The third kappa shape index (κ3) is 4.24. The predicted octanol–water partition coefficient (Wildman–Crippen LogP) is 0.0764. The first kappa shape index (κ1) is 15.9. The Morgan fingerprint density at radius 1 is 1.50 bits per heavy atom. The molecule has 1 fully saturated rings. The minimum Gasteiger partial charge on any atom is -0.374 e. The van der Waals surface area contributed by atoms with Crippen LogP contribution in [0, 0.1) is 0 Å². The number of hydrogen-bond donors (Lipinski definition) is 2. The van der Waals surface area contributed by atoms with Crippen LogP contribution in [0.1, 0.15) is 4.88 Å². The van der Waals surface area contributed by atoms with Gasteiger partial charge in [0.2, 0.25) is 10.0 Å². The molecule has 2 heterocycles. The Labute approximate surface area is 124 Å². The molecule has 1 saturated heterocycles. The monoisotopic (exact) mass is 319 g/mol. The van der Waals surface area contributed by atoms with Crippen molar-refractivity contribution in [2.45, 2.75) is 16.9 Å². The maximum Gasteiger partial charge on any atom is 0.250 e. The van der Waals surface area contributed by atoms with E-state index in [4.69, 9.17) is 4.74 Å². The second kappa shape index (κ2) is 6.97. The third-order valence-electron chi connectivity index (χ3n) is 3.10. The lowest BCUT2D eigenvalue weighted by atomic mass is 10.3. The molecule has 1 unspecified atom stereocenters. The zero-order valence-corrected chi connectivity index (χ0v) is 13.4. The molecule has 0 aromatic carbocycles. The summed E-state index contributed by atoms with van der Waals surface area (Å²) in [4.78, 5) is 3.14. The summed E-state index contributed by atoms with van der Waals surface area (Å²) in [7, 11) is 0.411. The maximum absolute atomic E-state index is 12.2. The Morgan fingerprint density at radius 2 is 2.30 bits per heavy atom. The molecule has 1 atom stereocenters. The van der Waals surface area contributed by atoms with Gasteiger partial charge in [-0.25, -0.2) is 13.1 Å². The second-order valence-electron chi connectivity index (χ2n) is 4.86. The van der Waals surface area contributed by atoms with Crippen LogP contribution in [0.2, 0.25) is 0 Å². The summed E-state index contributed by atoms with van der Waals surface area (Å²) in [6, 6.07) is 3.48. The quantitative estimate of drug-likeness (QED) is 0.777. The third-order valence-corrected chi connectivity index (χ3v) is 6.10. The van der Waals surface area contributed by atoms with Gasteiger partial charge in [0, 0.05) is 31.1 Å². The maximum atomic E-state index is 12.2.